The van der Waals surface area contributed by atoms with Crippen molar-refractivity contribution in [2.24, 2.45) is 11.8 Å². The fraction of sp³-hybridized carbons (Fsp3) is 1.00. The van der Waals surface area contributed by atoms with E-state index in [1.54, 1.807) is 0 Å². The normalized spacial score (nSPS) is 26.8. The first-order valence-corrected chi connectivity index (χ1v) is 8.20. The van der Waals surface area contributed by atoms with Crippen molar-refractivity contribution in [2.45, 2.75) is 65.5 Å². The number of hydrogen-bond donors (Lipinski definition) is 2. The fourth-order valence-corrected chi connectivity index (χ4v) is 2.96. The average molecular weight is 270 g/mol. The van der Waals surface area contributed by atoms with Gasteiger partial charge in [0.2, 0.25) is 0 Å². The Balaban J connectivity index is 2.50. The Morgan fingerprint density at radius 2 is 2.00 bits per heavy atom. The quantitative estimate of drug-likeness (QED) is 0.711. The van der Waals surface area contributed by atoms with E-state index in [9.17, 15) is 5.11 Å². The lowest BCUT2D eigenvalue weighted by Gasteiger charge is -2.40. The summed E-state index contributed by atoms with van der Waals surface area (Å²) in [6.07, 6.45) is 4.40. The Morgan fingerprint density at radius 3 is 2.58 bits per heavy atom. The molecule has 0 aromatic rings. The molecule has 2 N–H and O–H groups in total. The van der Waals surface area contributed by atoms with E-state index >= 15 is 0 Å². The van der Waals surface area contributed by atoms with Crippen LogP contribution in [0.5, 0.6) is 0 Å². The zero-order valence-corrected chi connectivity index (χ0v) is 13.4. The van der Waals surface area contributed by atoms with Crippen molar-refractivity contribution in [3.63, 3.8) is 0 Å². The molecule has 3 unspecified atom stereocenters. The van der Waals surface area contributed by atoms with Crippen molar-refractivity contribution >= 4 is 0 Å². The maximum Gasteiger partial charge on any atom is 0.0578 e. The van der Waals surface area contributed by atoms with E-state index in [1.807, 2.05) is 0 Å². The minimum Gasteiger partial charge on any atom is -0.393 e. The second kappa shape index (κ2) is 8.93. The first-order valence-electron chi connectivity index (χ1n) is 8.20. The summed E-state index contributed by atoms with van der Waals surface area (Å²) in [5.41, 5.74) is 0. The summed E-state index contributed by atoms with van der Waals surface area (Å²) >= 11 is 0. The summed E-state index contributed by atoms with van der Waals surface area (Å²) in [4.78, 5) is 2.55. The molecule has 3 nitrogen and oxygen atoms in total. The Bertz CT molecular complexity index is 233. The van der Waals surface area contributed by atoms with Gasteiger partial charge in [-0.15, -0.1) is 0 Å². The van der Waals surface area contributed by atoms with Gasteiger partial charge in [0.05, 0.1) is 6.10 Å². The zero-order valence-electron chi connectivity index (χ0n) is 13.4. The average Bonchev–Trinajstić information content (AvgIpc) is 2.41. The lowest BCUT2D eigenvalue weighted by atomic mass is 9.88. The molecule has 0 saturated carbocycles. The predicted molar refractivity (Wildman–Crippen MR) is 82.4 cm³/mol. The van der Waals surface area contributed by atoms with E-state index in [0.29, 0.717) is 17.9 Å². The first kappa shape index (κ1) is 16.9. The Hall–Kier alpha value is -0.120. The van der Waals surface area contributed by atoms with Crippen LogP contribution in [-0.2, 0) is 0 Å². The van der Waals surface area contributed by atoms with Gasteiger partial charge in [0.1, 0.15) is 0 Å². The third kappa shape index (κ3) is 6.24. The molecular weight excluding hydrogens is 236 g/mol. The molecule has 0 aromatic carbocycles. The second-order valence-electron chi connectivity index (χ2n) is 6.58. The topological polar surface area (TPSA) is 35.5 Å². The standard InChI is InChI=1S/C16H34N2O/c1-5-7-8-18-11-14(16(19)6-2)9-15(12-18)17-10-13(3)4/h13-17,19H,5-12H2,1-4H3. The number of aliphatic hydroxyl groups excluding tert-OH is 1. The van der Waals surface area contributed by atoms with Crippen LogP contribution in [-0.4, -0.2) is 48.3 Å². The van der Waals surface area contributed by atoms with Gasteiger partial charge in [-0.05, 0) is 44.2 Å². The van der Waals surface area contributed by atoms with Gasteiger partial charge in [0.25, 0.3) is 0 Å². The van der Waals surface area contributed by atoms with Crippen LogP contribution in [0.2, 0.25) is 0 Å². The summed E-state index contributed by atoms with van der Waals surface area (Å²) in [7, 11) is 0. The van der Waals surface area contributed by atoms with Crippen molar-refractivity contribution in [2.75, 3.05) is 26.2 Å². The molecular formula is C16H34N2O. The largest absolute Gasteiger partial charge is 0.393 e. The summed E-state index contributed by atoms with van der Waals surface area (Å²) in [6, 6.07) is 0.555. The van der Waals surface area contributed by atoms with Gasteiger partial charge in [-0.2, -0.15) is 0 Å². The van der Waals surface area contributed by atoms with Gasteiger partial charge in [0.15, 0.2) is 0 Å². The predicted octanol–water partition coefficient (Wildman–Crippen LogP) is 2.49. The lowest BCUT2D eigenvalue weighted by molar-refractivity contribution is 0.0348. The summed E-state index contributed by atoms with van der Waals surface area (Å²) in [6.45, 7) is 13.3. The van der Waals surface area contributed by atoms with Gasteiger partial charge >= 0.3 is 0 Å². The molecule has 0 aliphatic carbocycles. The number of piperidine rings is 1. The summed E-state index contributed by atoms with van der Waals surface area (Å²) < 4.78 is 0. The third-order valence-corrected chi connectivity index (χ3v) is 4.16. The highest BCUT2D eigenvalue weighted by atomic mass is 16.3. The fourth-order valence-electron chi connectivity index (χ4n) is 2.96. The second-order valence-corrected chi connectivity index (χ2v) is 6.58. The zero-order chi connectivity index (χ0) is 14.3. The number of nitrogens with one attached hydrogen (secondary N) is 1. The Labute approximate surface area is 119 Å². The van der Waals surface area contributed by atoms with E-state index in [1.165, 1.54) is 19.4 Å². The monoisotopic (exact) mass is 270 g/mol. The lowest BCUT2D eigenvalue weighted by Crippen LogP contribution is -2.52. The smallest absolute Gasteiger partial charge is 0.0578 e. The van der Waals surface area contributed by atoms with E-state index in [2.05, 4.69) is 37.9 Å². The van der Waals surface area contributed by atoms with Crippen LogP contribution in [0.25, 0.3) is 0 Å². The van der Waals surface area contributed by atoms with Crippen molar-refractivity contribution in [1.82, 2.24) is 10.2 Å². The Kier molecular flexibility index (Phi) is 7.96. The maximum absolute atomic E-state index is 10.2. The molecule has 0 amide bonds. The molecule has 3 heteroatoms. The van der Waals surface area contributed by atoms with E-state index in [0.717, 1.165) is 32.5 Å². The Morgan fingerprint density at radius 1 is 1.26 bits per heavy atom. The van der Waals surface area contributed by atoms with E-state index in [4.69, 9.17) is 0 Å². The number of nitrogens with zero attached hydrogens (tertiary/aromatic N) is 1. The molecule has 1 heterocycles. The minimum absolute atomic E-state index is 0.132. The molecule has 0 aromatic heterocycles. The molecule has 1 aliphatic rings. The van der Waals surface area contributed by atoms with Gasteiger partial charge in [-0.1, -0.05) is 34.1 Å². The number of hydrogen-bond acceptors (Lipinski definition) is 3. The summed E-state index contributed by atoms with van der Waals surface area (Å²) in [5.74, 6) is 1.14. The highest BCUT2D eigenvalue weighted by molar-refractivity contribution is 4.86. The van der Waals surface area contributed by atoms with Crippen LogP contribution in [0.3, 0.4) is 0 Å². The van der Waals surface area contributed by atoms with E-state index < -0.39 is 0 Å². The molecule has 19 heavy (non-hydrogen) atoms. The molecule has 1 aliphatic heterocycles. The van der Waals surface area contributed by atoms with Crippen LogP contribution in [0.1, 0.15) is 53.4 Å². The van der Waals surface area contributed by atoms with E-state index in [-0.39, 0.29) is 6.10 Å². The van der Waals surface area contributed by atoms with Crippen molar-refractivity contribution in [1.29, 1.82) is 0 Å². The van der Waals surface area contributed by atoms with Gasteiger partial charge in [0, 0.05) is 19.1 Å². The van der Waals surface area contributed by atoms with Crippen LogP contribution < -0.4 is 5.32 Å². The highest BCUT2D eigenvalue weighted by Gasteiger charge is 2.30. The van der Waals surface area contributed by atoms with Crippen LogP contribution in [0, 0.1) is 11.8 Å². The summed E-state index contributed by atoms with van der Waals surface area (Å²) in [5, 5.41) is 13.9. The number of likely N-dealkylation sites (tertiary alicyclic amines) is 1. The SMILES string of the molecule is CCCCN1CC(NCC(C)C)CC(C(O)CC)C1. The van der Waals surface area contributed by atoms with Crippen LogP contribution >= 0.6 is 0 Å². The first-order chi connectivity index (χ1) is 9.06. The maximum atomic E-state index is 10.2. The molecule has 114 valence electrons. The minimum atomic E-state index is -0.132. The molecule has 0 spiro atoms. The number of rotatable bonds is 8. The van der Waals surface area contributed by atoms with Crippen LogP contribution in [0.15, 0.2) is 0 Å². The molecule has 1 rings (SSSR count). The van der Waals surface area contributed by atoms with Crippen molar-refractivity contribution < 1.29 is 5.11 Å². The molecule has 1 saturated heterocycles. The van der Waals surface area contributed by atoms with Crippen molar-refractivity contribution in [3.8, 4) is 0 Å². The molecule has 3 atom stereocenters. The van der Waals surface area contributed by atoms with Crippen LogP contribution in [0.4, 0.5) is 0 Å². The van der Waals surface area contributed by atoms with Gasteiger partial charge in [-0.25, -0.2) is 0 Å². The molecule has 0 bridgehead atoms. The molecule has 1 fully saturated rings. The highest BCUT2D eigenvalue weighted by Crippen LogP contribution is 2.22. The third-order valence-electron chi connectivity index (χ3n) is 4.16. The van der Waals surface area contributed by atoms with Gasteiger partial charge < -0.3 is 15.3 Å². The number of unbranched alkanes of at least 4 members (excludes halogenated alkanes) is 1. The number of aliphatic hydroxyl groups is 1. The molecule has 0 radical (unpaired) electrons. The van der Waals surface area contributed by atoms with Crippen molar-refractivity contribution in [3.05, 3.63) is 0 Å². The van der Waals surface area contributed by atoms with Gasteiger partial charge in [-0.3, -0.25) is 0 Å².